The number of hydrogen-bond donors (Lipinski definition) is 2. The molecule has 2 atom stereocenters. The van der Waals surface area contributed by atoms with Gasteiger partial charge in [0.05, 0.1) is 0 Å². The Morgan fingerprint density at radius 3 is 2.56 bits per heavy atom. The summed E-state index contributed by atoms with van der Waals surface area (Å²) in [6, 6.07) is 4.46. The van der Waals surface area contributed by atoms with Gasteiger partial charge in [0.15, 0.2) is 0 Å². The lowest BCUT2D eigenvalue weighted by atomic mass is 9.92. The van der Waals surface area contributed by atoms with Crippen molar-refractivity contribution in [2.75, 3.05) is 13.2 Å². The van der Waals surface area contributed by atoms with E-state index in [2.05, 4.69) is 26.0 Å². The van der Waals surface area contributed by atoms with Gasteiger partial charge in [0.2, 0.25) is 0 Å². The Balaban J connectivity index is 2.66. The Hall–Kier alpha value is -0.380. The third-order valence-corrected chi connectivity index (χ3v) is 4.53. The SMILES string of the molecule is CCc1ccc(C(CC)CC(CN)CO)s1. The summed E-state index contributed by atoms with van der Waals surface area (Å²) in [4.78, 5) is 2.90. The van der Waals surface area contributed by atoms with Gasteiger partial charge in [0, 0.05) is 16.4 Å². The summed E-state index contributed by atoms with van der Waals surface area (Å²) in [5.41, 5.74) is 5.64. The first kappa shape index (κ1) is 13.7. The fraction of sp³-hybridized carbons (Fsp3) is 0.692. The van der Waals surface area contributed by atoms with E-state index in [0.29, 0.717) is 12.5 Å². The second kappa shape index (κ2) is 7.05. The molecule has 2 unspecified atom stereocenters. The molecule has 0 amide bonds. The summed E-state index contributed by atoms with van der Waals surface area (Å²) >= 11 is 1.91. The van der Waals surface area contributed by atoms with Gasteiger partial charge in [-0.25, -0.2) is 0 Å². The van der Waals surface area contributed by atoms with E-state index >= 15 is 0 Å². The minimum absolute atomic E-state index is 0.207. The molecule has 0 saturated heterocycles. The van der Waals surface area contributed by atoms with Gasteiger partial charge in [0.25, 0.3) is 0 Å². The maximum Gasteiger partial charge on any atom is 0.0471 e. The molecule has 0 fully saturated rings. The summed E-state index contributed by atoms with van der Waals surface area (Å²) in [6.07, 6.45) is 3.24. The lowest BCUT2D eigenvalue weighted by Crippen LogP contribution is -2.20. The Labute approximate surface area is 102 Å². The largest absolute Gasteiger partial charge is 0.396 e. The van der Waals surface area contributed by atoms with Crippen LogP contribution in [0.5, 0.6) is 0 Å². The highest BCUT2D eigenvalue weighted by atomic mass is 32.1. The van der Waals surface area contributed by atoms with E-state index in [9.17, 15) is 5.11 Å². The van der Waals surface area contributed by atoms with Crippen molar-refractivity contribution in [2.24, 2.45) is 11.7 Å². The third kappa shape index (κ3) is 3.58. The van der Waals surface area contributed by atoms with Crippen molar-refractivity contribution >= 4 is 11.3 Å². The molecule has 0 spiro atoms. The summed E-state index contributed by atoms with van der Waals surface area (Å²) in [5.74, 6) is 0.808. The number of hydrogen-bond acceptors (Lipinski definition) is 3. The molecule has 0 bridgehead atoms. The van der Waals surface area contributed by atoms with Crippen LogP contribution in [0.3, 0.4) is 0 Å². The molecule has 3 heteroatoms. The number of aliphatic hydroxyl groups excluding tert-OH is 1. The lowest BCUT2D eigenvalue weighted by Gasteiger charge is -2.18. The predicted molar refractivity (Wildman–Crippen MR) is 71.0 cm³/mol. The molecular weight excluding hydrogens is 218 g/mol. The molecule has 1 heterocycles. The average Bonchev–Trinajstić information content (AvgIpc) is 2.79. The first-order valence-electron chi connectivity index (χ1n) is 6.14. The Kier molecular flexibility index (Phi) is 6.03. The third-order valence-electron chi connectivity index (χ3n) is 3.14. The molecule has 0 radical (unpaired) electrons. The minimum atomic E-state index is 0.207. The van der Waals surface area contributed by atoms with Crippen LogP contribution >= 0.6 is 11.3 Å². The van der Waals surface area contributed by atoms with Crippen molar-refractivity contribution in [2.45, 2.75) is 39.0 Å². The highest BCUT2D eigenvalue weighted by molar-refractivity contribution is 7.12. The van der Waals surface area contributed by atoms with Crippen LogP contribution in [0.4, 0.5) is 0 Å². The maximum atomic E-state index is 9.19. The highest BCUT2D eigenvalue weighted by Gasteiger charge is 2.16. The van der Waals surface area contributed by atoms with Gasteiger partial charge < -0.3 is 10.8 Å². The number of nitrogens with two attached hydrogens (primary N) is 1. The zero-order chi connectivity index (χ0) is 12.0. The number of thiophene rings is 1. The summed E-state index contributed by atoms with van der Waals surface area (Å²) in [5, 5.41) is 9.19. The van der Waals surface area contributed by atoms with E-state index in [0.717, 1.165) is 19.3 Å². The van der Waals surface area contributed by atoms with Gasteiger partial charge >= 0.3 is 0 Å². The van der Waals surface area contributed by atoms with Crippen LogP contribution in [0.25, 0.3) is 0 Å². The second-order valence-corrected chi connectivity index (χ2v) is 5.48. The van der Waals surface area contributed by atoms with Gasteiger partial charge in [-0.15, -0.1) is 11.3 Å². The van der Waals surface area contributed by atoms with Crippen LogP contribution < -0.4 is 5.73 Å². The van der Waals surface area contributed by atoms with E-state index in [1.54, 1.807) is 0 Å². The van der Waals surface area contributed by atoms with Crippen molar-refractivity contribution in [1.29, 1.82) is 0 Å². The average molecular weight is 241 g/mol. The normalized spacial score (nSPS) is 15.0. The zero-order valence-electron chi connectivity index (χ0n) is 10.3. The molecule has 1 rings (SSSR count). The van der Waals surface area contributed by atoms with E-state index < -0.39 is 0 Å². The molecule has 0 aliphatic rings. The molecule has 2 nitrogen and oxygen atoms in total. The highest BCUT2D eigenvalue weighted by Crippen LogP contribution is 2.32. The number of rotatable bonds is 7. The van der Waals surface area contributed by atoms with Gasteiger partial charge in [-0.2, -0.15) is 0 Å². The van der Waals surface area contributed by atoms with Crippen molar-refractivity contribution in [3.8, 4) is 0 Å². The minimum Gasteiger partial charge on any atom is -0.396 e. The van der Waals surface area contributed by atoms with Crippen molar-refractivity contribution in [3.05, 3.63) is 21.9 Å². The molecule has 92 valence electrons. The van der Waals surface area contributed by atoms with Gasteiger partial charge in [-0.05, 0) is 49.8 Å². The van der Waals surface area contributed by atoms with Crippen LogP contribution in [-0.2, 0) is 6.42 Å². The summed E-state index contributed by atoms with van der Waals surface area (Å²) in [7, 11) is 0. The smallest absolute Gasteiger partial charge is 0.0471 e. The van der Waals surface area contributed by atoms with Gasteiger partial charge in [-0.1, -0.05) is 13.8 Å². The Bertz CT molecular complexity index is 294. The molecule has 0 aliphatic heterocycles. The van der Waals surface area contributed by atoms with E-state index in [1.165, 1.54) is 9.75 Å². The molecule has 0 saturated carbocycles. The molecule has 1 aromatic heterocycles. The van der Waals surface area contributed by atoms with Gasteiger partial charge in [0.1, 0.15) is 0 Å². The standard InChI is InChI=1S/C13H23NOS/c1-3-11(7-10(8-14)9-15)13-6-5-12(4-2)16-13/h5-6,10-11,15H,3-4,7-9,14H2,1-2H3. The molecule has 1 aromatic rings. The van der Waals surface area contributed by atoms with Crippen LogP contribution in [0, 0.1) is 5.92 Å². The van der Waals surface area contributed by atoms with Crippen LogP contribution in [0.1, 0.15) is 42.4 Å². The lowest BCUT2D eigenvalue weighted by molar-refractivity contribution is 0.215. The van der Waals surface area contributed by atoms with Crippen LogP contribution in [-0.4, -0.2) is 18.3 Å². The zero-order valence-corrected chi connectivity index (χ0v) is 11.1. The number of aliphatic hydroxyl groups is 1. The summed E-state index contributed by atoms with van der Waals surface area (Å²) < 4.78 is 0. The van der Waals surface area contributed by atoms with Crippen LogP contribution in [0.2, 0.25) is 0 Å². The fourth-order valence-electron chi connectivity index (χ4n) is 1.94. The predicted octanol–water partition coefficient (Wildman–Crippen LogP) is 2.76. The first-order chi connectivity index (χ1) is 7.74. The monoisotopic (exact) mass is 241 g/mol. The van der Waals surface area contributed by atoms with E-state index in [1.807, 2.05) is 11.3 Å². The van der Waals surface area contributed by atoms with E-state index in [4.69, 9.17) is 5.73 Å². The topological polar surface area (TPSA) is 46.2 Å². The second-order valence-electron chi connectivity index (χ2n) is 4.28. The quantitative estimate of drug-likeness (QED) is 0.771. The van der Waals surface area contributed by atoms with E-state index in [-0.39, 0.29) is 12.5 Å². The molecule has 16 heavy (non-hydrogen) atoms. The van der Waals surface area contributed by atoms with Crippen molar-refractivity contribution in [3.63, 3.8) is 0 Å². The van der Waals surface area contributed by atoms with Crippen molar-refractivity contribution < 1.29 is 5.11 Å². The molecule has 3 N–H and O–H groups in total. The summed E-state index contributed by atoms with van der Waals surface area (Å²) in [6.45, 7) is 5.19. The van der Waals surface area contributed by atoms with Crippen molar-refractivity contribution in [1.82, 2.24) is 0 Å². The first-order valence-corrected chi connectivity index (χ1v) is 6.96. The molecule has 0 aliphatic carbocycles. The Morgan fingerprint density at radius 2 is 2.12 bits per heavy atom. The molecular formula is C13H23NOS. The number of aryl methyl sites for hydroxylation is 1. The van der Waals surface area contributed by atoms with Gasteiger partial charge in [-0.3, -0.25) is 0 Å². The fourth-order valence-corrected chi connectivity index (χ4v) is 3.08. The Morgan fingerprint density at radius 1 is 1.38 bits per heavy atom. The van der Waals surface area contributed by atoms with Crippen LogP contribution in [0.15, 0.2) is 12.1 Å². The maximum absolute atomic E-state index is 9.19. The molecule has 0 aromatic carbocycles.